The van der Waals surface area contributed by atoms with Crippen molar-refractivity contribution in [3.8, 4) is 11.6 Å². The van der Waals surface area contributed by atoms with Crippen molar-refractivity contribution in [2.75, 3.05) is 6.54 Å². The molecule has 3 aromatic rings. The van der Waals surface area contributed by atoms with Gasteiger partial charge in [0.15, 0.2) is 4.77 Å². The van der Waals surface area contributed by atoms with Crippen LogP contribution in [0, 0.1) is 11.7 Å². The van der Waals surface area contributed by atoms with Crippen LogP contribution in [0.4, 0.5) is 0 Å². The molecule has 1 unspecified atom stereocenters. The molecule has 6 heteroatoms. The molecule has 5 nitrogen and oxygen atoms in total. The number of hydrogen-bond donors (Lipinski definition) is 3. The first kappa shape index (κ1) is 16.8. The van der Waals surface area contributed by atoms with Crippen LogP contribution in [0.25, 0.3) is 5.69 Å². The van der Waals surface area contributed by atoms with Gasteiger partial charge in [-0.15, -0.1) is 0 Å². The van der Waals surface area contributed by atoms with Crippen LogP contribution in [0.2, 0.25) is 0 Å². The fourth-order valence-electron chi connectivity index (χ4n) is 3.49. The summed E-state index contributed by atoms with van der Waals surface area (Å²) < 4.78 is 1.67. The van der Waals surface area contributed by atoms with Gasteiger partial charge in [0, 0.05) is 6.54 Å². The van der Waals surface area contributed by atoms with Gasteiger partial charge in [0.05, 0.1) is 17.3 Å². The first-order valence-corrected chi connectivity index (χ1v) is 8.93. The number of aromatic amines is 1. The molecule has 0 amide bonds. The van der Waals surface area contributed by atoms with Gasteiger partial charge in [-0.25, -0.2) is 0 Å². The fourth-order valence-corrected chi connectivity index (χ4v) is 3.78. The standard InChI is InChI=1S/C20H19N3O2S/c1-12-6-8-14(9-7-12)23-19(25)16(18(24)22-20(23)26)17-15-5-3-2-4-13(15)10-11-21-17/h2-9,17,21,25H,10-11H2,1H3,(H,22,24,26). The lowest BCUT2D eigenvalue weighted by molar-refractivity contribution is 0.413. The zero-order chi connectivity index (χ0) is 18.3. The number of aryl methyl sites for hydroxylation is 1. The zero-order valence-electron chi connectivity index (χ0n) is 14.3. The molecule has 132 valence electrons. The molecule has 4 rings (SSSR count). The fraction of sp³-hybridized carbons (Fsp3) is 0.200. The van der Waals surface area contributed by atoms with Gasteiger partial charge in [-0.1, -0.05) is 42.0 Å². The molecule has 0 bridgehead atoms. The van der Waals surface area contributed by atoms with E-state index in [0.717, 1.165) is 24.1 Å². The van der Waals surface area contributed by atoms with Gasteiger partial charge in [-0.05, 0) is 48.8 Å². The Morgan fingerprint density at radius 1 is 1.15 bits per heavy atom. The van der Waals surface area contributed by atoms with Gasteiger partial charge in [0.25, 0.3) is 5.56 Å². The smallest absolute Gasteiger partial charge is 0.260 e. The average molecular weight is 365 g/mol. The number of aromatic hydroxyl groups is 1. The summed E-state index contributed by atoms with van der Waals surface area (Å²) in [7, 11) is 0. The first-order chi connectivity index (χ1) is 12.6. The maximum Gasteiger partial charge on any atom is 0.260 e. The third kappa shape index (κ3) is 2.77. The lowest BCUT2D eigenvalue weighted by atomic mass is 9.90. The average Bonchev–Trinajstić information content (AvgIpc) is 2.63. The second-order valence-corrected chi connectivity index (χ2v) is 6.89. The molecule has 0 radical (unpaired) electrons. The minimum absolute atomic E-state index is 0.128. The molecule has 2 aromatic carbocycles. The van der Waals surface area contributed by atoms with Gasteiger partial charge >= 0.3 is 0 Å². The SMILES string of the molecule is Cc1ccc(-n2c(O)c(C3NCCc4ccccc43)c(=O)[nH]c2=S)cc1. The van der Waals surface area contributed by atoms with Gasteiger partial charge in [0.2, 0.25) is 5.88 Å². The molecule has 3 N–H and O–H groups in total. The Morgan fingerprint density at radius 3 is 2.65 bits per heavy atom. The van der Waals surface area contributed by atoms with Crippen LogP contribution in [0.1, 0.15) is 28.3 Å². The molecule has 1 atom stereocenters. The quantitative estimate of drug-likeness (QED) is 0.610. The van der Waals surface area contributed by atoms with E-state index in [1.165, 1.54) is 10.1 Å². The highest BCUT2D eigenvalue weighted by Crippen LogP contribution is 2.32. The highest BCUT2D eigenvalue weighted by molar-refractivity contribution is 7.71. The monoisotopic (exact) mass is 365 g/mol. The van der Waals surface area contributed by atoms with Gasteiger partial charge in [-0.2, -0.15) is 0 Å². The van der Waals surface area contributed by atoms with Gasteiger partial charge in [-0.3, -0.25) is 14.3 Å². The molecule has 0 fully saturated rings. The van der Waals surface area contributed by atoms with Crippen LogP contribution in [0.15, 0.2) is 53.3 Å². The van der Waals surface area contributed by atoms with Crippen LogP contribution in [0.5, 0.6) is 5.88 Å². The minimum Gasteiger partial charge on any atom is -0.494 e. The summed E-state index contributed by atoms with van der Waals surface area (Å²) in [5.74, 6) is -0.128. The predicted molar refractivity (Wildman–Crippen MR) is 104 cm³/mol. The molecule has 0 saturated carbocycles. The molecule has 0 aliphatic carbocycles. The molecule has 1 aliphatic rings. The third-order valence-corrected chi connectivity index (χ3v) is 5.10. The molecule has 1 aromatic heterocycles. The normalized spacial score (nSPS) is 16.3. The number of H-pyrrole nitrogens is 1. The Morgan fingerprint density at radius 2 is 1.88 bits per heavy atom. The van der Waals surface area contributed by atoms with Crippen molar-refractivity contribution in [1.82, 2.24) is 14.9 Å². The Labute approximate surface area is 156 Å². The maximum absolute atomic E-state index is 12.7. The molecule has 26 heavy (non-hydrogen) atoms. The summed E-state index contributed by atoms with van der Waals surface area (Å²) in [6.07, 6.45) is 0.891. The van der Waals surface area contributed by atoms with E-state index in [0.29, 0.717) is 5.69 Å². The van der Waals surface area contributed by atoms with E-state index in [4.69, 9.17) is 12.2 Å². The topological polar surface area (TPSA) is 70.0 Å². The Hall–Kier alpha value is -2.70. The van der Waals surface area contributed by atoms with E-state index in [-0.39, 0.29) is 27.8 Å². The number of rotatable bonds is 2. The van der Waals surface area contributed by atoms with E-state index in [2.05, 4.69) is 16.4 Å². The Kier molecular flexibility index (Phi) is 4.22. The molecule has 1 aliphatic heterocycles. The van der Waals surface area contributed by atoms with E-state index >= 15 is 0 Å². The number of fused-ring (bicyclic) bond motifs is 1. The number of benzene rings is 2. The van der Waals surface area contributed by atoms with E-state index in [1.54, 1.807) is 0 Å². The second kappa shape index (κ2) is 6.55. The van der Waals surface area contributed by atoms with Crippen molar-refractivity contribution in [3.05, 3.63) is 85.9 Å². The summed E-state index contributed by atoms with van der Waals surface area (Å²) in [5, 5.41) is 14.3. The molecular formula is C20H19N3O2S. The lowest BCUT2D eigenvalue weighted by Crippen LogP contribution is -2.35. The summed E-state index contributed by atoms with van der Waals surface area (Å²) in [4.78, 5) is 15.4. The molecule has 0 saturated heterocycles. The summed E-state index contributed by atoms with van der Waals surface area (Å²) in [6.45, 7) is 2.73. The van der Waals surface area contributed by atoms with E-state index < -0.39 is 0 Å². The Bertz CT molecular complexity index is 1080. The summed E-state index contributed by atoms with van der Waals surface area (Å²) >= 11 is 5.31. The van der Waals surface area contributed by atoms with Crippen molar-refractivity contribution in [1.29, 1.82) is 0 Å². The van der Waals surface area contributed by atoms with E-state index in [9.17, 15) is 9.90 Å². The van der Waals surface area contributed by atoms with Crippen LogP contribution in [-0.4, -0.2) is 21.2 Å². The van der Waals surface area contributed by atoms with Crippen molar-refractivity contribution in [2.45, 2.75) is 19.4 Å². The molecular weight excluding hydrogens is 346 g/mol. The number of nitrogens with zero attached hydrogens (tertiary/aromatic N) is 1. The number of aromatic nitrogens is 2. The second-order valence-electron chi connectivity index (χ2n) is 6.50. The van der Waals surface area contributed by atoms with Crippen molar-refractivity contribution >= 4 is 12.2 Å². The van der Waals surface area contributed by atoms with Crippen LogP contribution in [0.3, 0.4) is 0 Å². The first-order valence-electron chi connectivity index (χ1n) is 8.52. The largest absolute Gasteiger partial charge is 0.494 e. The van der Waals surface area contributed by atoms with Crippen molar-refractivity contribution in [2.24, 2.45) is 0 Å². The van der Waals surface area contributed by atoms with Crippen molar-refractivity contribution < 1.29 is 5.11 Å². The van der Waals surface area contributed by atoms with E-state index in [1.807, 2.05) is 49.4 Å². The maximum atomic E-state index is 12.7. The van der Waals surface area contributed by atoms with Crippen molar-refractivity contribution in [3.63, 3.8) is 0 Å². The lowest BCUT2D eigenvalue weighted by Gasteiger charge is -2.27. The predicted octanol–water partition coefficient (Wildman–Crippen LogP) is 3.14. The summed E-state index contributed by atoms with van der Waals surface area (Å²) in [6, 6.07) is 15.2. The minimum atomic E-state index is -0.379. The summed E-state index contributed by atoms with van der Waals surface area (Å²) in [5.41, 5.74) is 3.91. The van der Waals surface area contributed by atoms with Gasteiger partial charge < -0.3 is 10.4 Å². The highest BCUT2D eigenvalue weighted by Gasteiger charge is 2.28. The zero-order valence-corrected chi connectivity index (χ0v) is 15.1. The number of hydrogen-bond acceptors (Lipinski definition) is 4. The molecule has 0 spiro atoms. The van der Waals surface area contributed by atoms with Crippen LogP contribution >= 0.6 is 12.2 Å². The third-order valence-electron chi connectivity index (χ3n) is 4.81. The number of nitrogens with one attached hydrogen (secondary N) is 2. The Balaban J connectivity index is 1.94. The van der Waals surface area contributed by atoms with Crippen LogP contribution < -0.4 is 10.9 Å². The van der Waals surface area contributed by atoms with Crippen LogP contribution in [-0.2, 0) is 6.42 Å². The molecule has 2 heterocycles. The van der Waals surface area contributed by atoms with Gasteiger partial charge in [0.1, 0.15) is 0 Å². The highest BCUT2D eigenvalue weighted by atomic mass is 32.1.